The number of rotatable bonds is 5. The van der Waals surface area contributed by atoms with Crippen LogP contribution in [0.5, 0.6) is 0 Å². The second-order valence-corrected chi connectivity index (χ2v) is 12.2. The van der Waals surface area contributed by atoms with Crippen molar-refractivity contribution in [3.05, 3.63) is 78.4 Å². The number of fused-ring (bicyclic) bond motifs is 1. The number of halogens is 2. The Morgan fingerprint density at radius 2 is 1.50 bits per heavy atom. The molecule has 5 rings (SSSR count). The lowest BCUT2D eigenvalue weighted by atomic mass is 10.0. The van der Waals surface area contributed by atoms with Gasteiger partial charge in [-0.3, -0.25) is 4.55 Å². The molecule has 0 aliphatic carbocycles. The second-order valence-electron chi connectivity index (χ2n) is 8.73. The van der Waals surface area contributed by atoms with Gasteiger partial charge in [-0.1, -0.05) is 42.5 Å². The molecule has 40 heavy (non-hydrogen) atoms. The van der Waals surface area contributed by atoms with Gasteiger partial charge in [0.25, 0.3) is 10.1 Å². The van der Waals surface area contributed by atoms with Crippen molar-refractivity contribution in [3.63, 3.8) is 0 Å². The number of nitrogens with two attached hydrogens (primary N) is 1. The fraction of sp³-hybridized carbons (Fsp3) is 0.120. The van der Waals surface area contributed by atoms with E-state index in [-0.39, 0.29) is 22.9 Å². The highest BCUT2D eigenvalue weighted by atomic mass is 32.2. The van der Waals surface area contributed by atoms with Crippen molar-refractivity contribution < 1.29 is 30.2 Å². The molecule has 11 nitrogen and oxygen atoms in total. The Morgan fingerprint density at radius 1 is 0.900 bits per heavy atom. The van der Waals surface area contributed by atoms with Crippen LogP contribution in [0.2, 0.25) is 0 Å². The molecule has 0 aliphatic rings. The van der Waals surface area contributed by atoms with Gasteiger partial charge in [0, 0.05) is 25.2 Å². The molecule has 0 atom stereocenters. The average molecular weight is 591 g/mol. The maximum atomic E-state index is 14.6. The Bertz CT molecular complexity index is 1890. The van der Waals surface area contributed by atoms with Gasteiger partial charge in [0.1, 0.15) is 17.5 Å². The molecule has 2 aromatic heterocycles. The molecular weight excluding hydrogens is 566 g/mol. The Kier molecular flexibility index (Phi) is 7.76. The van der Waals surface area contributed by atoms with Gasteiger partial charge in [-0.2, -0.15) is 25.1 Å². The third-order valence-corrected chi connectivity index (χ3v) is 7.34. The SMILES string of the molecule is CN(C)S(=O)(=O)n1c(N)nc2ccc(-c3nc(-c4c(F)cccc4F)[nH]c3-c3ccccc3)cc21.CS(=O)(=O)O. The van der Waals surface area contributed by atoms with E-state index in [1.165, 1.54) is 20.2 Å². The van der Waals surface area contributed by atoms with Crippen LogP contribution in [0.1, 0.15) is 0 Å². The predicted octanol–water partition coefficient (Wildman–Crippen LogP) is 3.78. The van der Waals surface area contributed by atoms with Crippen LogP contribution in [-0.2, 0) is 20.3 Å². The lowest BCUT2D eigenvalue weighted by Crippen LogP contribution is -2.29. The highest BCUT2D eigenvalue weighted by Crippen LogP contribution is 2.36. The summed E-state index contributed by atoms with van der Waals surface area (Å²) in [4.78, 5) is 11.7. The monoisotopic (exact) mass is 590 g/mol. The Hall–Kier alpha value is -4.18. The summed E-state index contributed by atoms with van der Waals surface area (Å²) in [5.41, 5.74) is 8.39. The maximum Gasteiger partial charge on any atom is 0.310 e. The molecule has 0 saturated heterocycles. The smallest absolute Gasteiger partial charge is 0.310 e. The van der Waals surface area contributed by atoms with Crippen LogP contribution < -0.4 is 5.73 Å². The normalized spacial score (nSPS) is 12.0. The fourth-order valence-corrected chi connectivity index (χ4v) is 4.86. The minimum absolute atomic E-state index is 0.00323. The topological polar surface area (TPSA) is 164 Å². The maximum absolute atomic E-state index is 14.6. The van der Waals surface area contributed by atoms with Crippen LogP contribution in [0.4, 0.5) is 14.7 Å². The van der Waals surface area contributed by atoms with Crippen molar-refractivity contribution in [3.8, 4) is 33.9 Å². The first-order valence-electron chi connectivity index (χ1n) is 11.4. The Balaban J connectivity index is 0.000000681. The lowest BCUT2D eigenvalue weighted by Gasteiger charge is -2.14. The molecule has 0 fully saturated rings. The number of hydrogen-bond acceptors (Lipinski definition) is 7. The first kappa shape index (κ1) is 28.8. The minimum Gasteiger partial charge on any atom is -0.368 e. The van der Waals surface area contributed by atoms with Crippen molar-refractivity contribution >= 4 is 37.3 Å². The van der Waals surface area contributed by atoms with Gasteiger partial charge in [0.15, 0.2) is 0 Å². The predicted molar refractivity (Wildman–Crippen MR) is 148 cm³/mol. The van der Waals surface area contributed by atoms with Crippen molar-refractivity contribution in [2.75, 3.05) is 26.1 Å². The van der Waals surface area contributed by atoms with E-state index in [4.69, 9.17) is 10.3 Å². The summed E-state index contributed by atoms with van der Waals surface area (Å²) in [6, 6.07) is 17.6. The first-order valence-corrected chi connectivity index (χ1v) is 14.7. The number of benzene rings is 3. The summed E-state index contributed by atoms with van der Waals surface area (Å²) >= 11 is 0. The molecule has 0 radical (unpaired) electrons. The summed E-state index contributed by atoms with van der Waals surface area (Å²) < 4.78 is 82.7. The van der Waals surface area contributed by atoms with E-state index in [9.17, 15) is 25.6 Å². The number of hydrogen-bond donors (Lipinski definition) is 3. The third-order valence-electron chi connectivity index (χ3n) is 5.57. The molecular formula is C25H24F2N6O5S2. The van der Waals surface area contributed by atoms with Gasteiger partial charge < -0.3 is 10.7 Å². The van der Waals surface area contributed by atoms with Gasteiger partial charge in [0.2, 0.25) is 5.95 Å². The number of aromatic nitrogens is 4. The molecule has 15 heteroatoms. The number of nitrogens with one attached hydrogen (secondary N) is 1. The molecule has 5 aromatic rings. The van der Waals surface area contributed by atoms with Gasteiger partial charge in [-0.25, -0.2) is 18.7 Å². The van der Waals surface area contributed by atoms with Crippen LogP contribution in [-0.4, -0.2) is 65.0 Å². The van der Waals surface area contributed by atoms with Crippen LogP contribution >= 0.6 is 0 Å². The molecule has 0 saturated carbocycles. The standard InChI is InChI=1S/C24H20F2N6O2S.CH4O3S/c1-31(2)35(33,34)32-19-13-15(11-12-18(19)28-24(32)27)22-21(14-7-4-3-5-8-14)29-23(30-22)20-16(25)9-6-10-17(20)26;1-5(2,3)4/h3-13H,1-2H3,(H2,27,28)(H,29,30);1H3,(H,2,3,4). The fourth-order valence-electron chi connectivity index (χ4n) is 3.86. The van der Waals surface area contributed by atoms with Crippen molar-refractivity contribution in [1.29, 1.82) is 0 Å². The van der Waals surface area contributed by atoms with E-state index in [1.54, 1.807) is 18.2 Å². The van der Waals surface area contributed by atoms with E-state index in [1.807, 2.05) is 30.3 Å². The summed E-state index contributed by atoms with van der Waals surface area (Å²) in [6.45, 7) is 0. The molecule has 210 valence electrons. The van der Waals surface area contributed by atoms with E-state index in [0.717, 1.165) is 26.0 Å². The Labute approximate surface area is 228 Å². The van der Waals surface area contributed by atoms with Crippen LogP contribution in [0.3, 0.4) is 0 Å². The van der Waals surface area contributed by atoms with E-state index >= 15 is 0 Å². The van der Waals surface area contributed by atoms with E-state index in [0.29, 0.717) is 28.7 Å². The van der Waals surface area contributed by atoms with Crippen LogP contribution in [0.25, 0.3) is 44.9 Å². The van der Waals surface area contributed by atoms with Crippen LogP contribution in [0, 0.1) is 11.6 Å². The number of nitrogens with zero attached hydrogens (tertiary/aromatic N) is 4. The Morgan fingerprint density at radius 3 is 2.08 bits per heavy atom. The molecule has 2 heterocycles. The molecule has 4 N–H and O–H groups in total. The lowest BCUT2D eigenvalue weighted by molar-refractivity contribution is 0.490. The molecule has 0 aliphatic heterocycles. The number of nitrogen functional groups attached to an aromatic ring is 1. The largest absolute Gasteiger partial charge is 0.368 e. The zero-order chi connectivity index (χ0) is 29.4. The van der Waals surface area contributed by atoms with Crippen LogP contribution in [0.15, 0.2) is 66.7 Å². The number of H-pyrrole nitrogens is 1. The van der Waals surface area contributed by atoms with Gasteiger partial charge in [-0.05, 0) is 24.3 Å². The highest BCUT2D eigenvalue weighted by molar-refractivity contribution is 7.87. The van der Waals surface area contributed by atoms with E-state index < -0.39 is 32.0 Å². The summed E-state index contributed by atoms with van der Waals surface area (Å²) in [5, 5.41) is 0. The molecule has 3 aromatic carbocycles. The second kappa shape index (κ2) is 10.8. The molecule has 0 spiro atoms. The highest BCUT2D eigenvalue weighted by Gasteiger charge is 2.25. The van der Waals surface area contributed by atoms with Gasteiger partial charge >= 0.3 is 10.2 Å². The van der Waals surface area contributed by atoms with Crippen molar-refractivity contribution in [1.82, 2.24) is 23.2 Å². The van der Waals surface area contributed by atoms with Gasteiger partial charge in [-0.15, -0.1) is 0 Å². The van der Waals surface area contributed by atoms with Crippen molar-refractivity contribution in [2.24, 2.45) is 0 Å². The molecule has 0 unspecified atom stereocenters. The quantitative estimate of drug-likeness (QED) is 0.260. The minimum atomic E-state index is -3.97. The zero-order valence-electron chi connectivity index (χ0n) is 21.4. The summed E-state index contributed by atoms with van der Waals surface area (Å²) in [6.07, 6.45) is 0.715. The number of imidazole rings is 2. The molecule has 0 bridgehead atoms. The number of aromatic amines is 1. The first-order chi connectivity index (χ1) is 18.7. The third kappa shape index (κ3) is 5.86. The number of anilines is 1. The summed E-state index contributed by atoms with van der Waals surface area (Å²) in [7, 11) is -4.85. The summed E-state index contributed by atoms with van der Waals surface area (Å²) in [5.74, 6) is -1.71. The average Bonchev–Trinajstić information content (AvgIpc) is 3.44. The zero-order valence-corrected chi connectivity index (χ0v) is 23.0. The molecule has 0 amide bonds. The van der Waals surface area contributed by atoms with E-state index in [2.05, 4.69) is 15.0 Å². The van der Waals surface area contributed by atoms with Gasteiger partial charge in [0.05, 0.1) is 34.2 Å². The van der Waals surface area contributed by atoms with Crippen molar-refractivity contribution in [2.45, 2.75) is 0 Å².